The van der Waals surface area contributed by atoms with Gasteiger partial charge < -0.3 is 10.1 Å². The third-order valence-corrected chi connectivity index (χ3v) is 6.47. The summed E-state index contributed by atoms with van der Waals surface area (Å²) in [7, 11) is -2.37. The zero-order chi connectivity index (χ0) is 24.1. The Morgan fingerprint density at radius 2 is 1.62 bits per heavy atom. The smallest absolute Gasteiger partial charge is 0.328 e. The van der Waals surface area contributed by atoms with Crippen LogP contribution in [0.1, 0.15) is 6.92 Å². The highest BCUT2D eigenvalue weighted by Crippen LogP contribution is 2.30. The molecule has 4 rings (SSSR count). The van der Waals surface area contributed by atoms with Gasteiger partial charge in [-0.1, -0.05) is 30.3 Å². The van der Waals surface area contributed by atoms with Gasteiger partial charge in [0.05, 0.1) is 29.1 Å². The first kappa shape index (κ1) is 23.1. The van der Waals surface area contributed by atoms with Crippen molar-refractivity contribution in [1.29, 1.82) is 0 Å². The van der Waals surface area contributed by atoms with Gasteiger partial charge in [-0.15, -0.1) is 0 Å². The standard InChI is InChI=1S/C25H24N4O4S/c1-3-26-25(30)28-34(31,32)22-15-11-20(12-16-22)29-24(19-7-5-4-6-8-19)17-23(27-29)18-9-13-21(33-2)14-10-18/h4-17H,3H2,1-2H3,(H2,26,28,30). The second kappa shape index (κ2) is 9.80. The second-order valence-corrected chi connectivity index (χ2v) is 9.06. The number of sulfonamides is 1. The highest BCUT2D eigenvalue weighted by molar-refractivity contribution is 7.90. The highest BCUT2D eigenvalue weighted by Gasteiger charge is 2.18. The molecule has 0 saturated heterocycles. The minimum absolute atomic E-state index is 0.0219. The molecule has 1 aromatic heterocycles. The van der Waals surface area contributed by atoms with Crippen LogP contribution in [-0.4, -0.2) is 37.9 Å². The topological polar surface area (TPSA) is 102 Å². The zero-order valence-corrected chi connectivity index (χ0v) is 19.5. The lowest BCUT2D eigenvalue weighted by Gasteiger charge is -2.10. The summed E-state index contributed by atoms with van der Waals surface area (Å²) in [6, 6.07) is 24.8. The third kappa shape index (κ3) is 4.94. The summed E-state index contributed by atoms with van der Waals surface area (Å²) >= 11 is 0. The average Bonchev–Trinajstić information content (AvgIpc) is 3.30. The first-order chi connectivity index (χ1) is 16.4. The van der Waals surface area contributed by atoms with E-state index in [0.29, 0.717) is 12.2 Å². The molecule has 0 bridgehead atoms. The SMILES string of the molecule is CCNC(=O)NS(=O)(=O)c1ccc(-n2nc(-c3ccc(OC)cc3)cc2-c2ccccc2)cc1. The van der Waals surface area contributed by atoms with Gasteiger partial charge in [0, 0.05) is 17.7 Å². The summed E-state index contributed by atoms with van der Waals surface area (Å²) < 4.78 is 34.0. The largest absolute Gasteiger partial charge is 0.497 e. The van der Waals surface area contributed by atoms with Crippen LogP contribution in [0.15, 0.2) is 89.8 Å². The van der Waals surface area contributed by atoms with Crippen molar-refractivity contribution in [2.75, 3.05) is 13.7 Å². The molecule has 3 aromatic carbocycles. The van der Waals surface area contributed by atoms with Crippen molar-refractivity contribution in [3.05, 3.63) is 84.9 Å². The fourth-order valence-corrected chi connectivity index (χ4v) is 4.37. The van der Waals surface area contributed by atoms with Crippen molar-refractivity contribution in [3.63, 3.8) is 0 Å². The number of aromatic nitrogens is 2. The molecule has 0 aliphatic carbocycles. The summed E-state index contributed by atoms with van der Waals surface area (Å²) in [4.78, 5) is 11.7. The predicted octanol–water partition coefficient (Wildman–Crippen LogP) is 4.22. The molecule has 8 nitrogen and oxygen atoms in total. The molecule has 0 aliphatic rings. The number of nitrogens with one attached hydrogen (secondary N) is 2. The molecule has 174 valence electrons. The first-order valence-corrected chi connectivity index (χ1v) is 12.1. The van der Waals surface area contributed by atoms with E-state index >= 15 is 0 Å². The van der Waals surface area contributed by atoms with Gasteiger partial charge in [0.2, 0.25) is 0 Å². The maximum atomic E-state index is 12.5. The fraction of sp³-hybridized carbons (Fsp3) is 0.120. The van der Waals surface area contributed by atoms with Crippen molar-refractivity contribution in [2.24, 2.45) is 0 Å². The quantitative estimate of drug-likeness (QED) is 0.416. The van der Waals surface area contributed by atoms with Crippen LogP contribution in [0.4, 0.5) is 4.79 Å². The van der Waals surface area contributed by atoms with Gasteiger partial charge in [-0.05, 0) is 61.5 Å². The van der Waals surface area contributed by atoms with Crippen LogP contribution in [0.2, 0.25) is 0 Å². The molecule has 34 heavy (non-hydrogen) atoms. The van der Waals surface area contributed by atoms with Gasteiger partial charge >= 0.3 is 6.03 Å². The van der Waals surface area contributed by atoms with Crippen LogP contribution in [0.5, 0.6) is 5.75 Å². The molecule has 9 heteroatoms. The zero-order valence-electron chi connectivity index (χ0n) is 18.7. The number of carbonyl (C=O) groups is 1. The number of amides is 2. The van der Waals surface area contributed by atoms with Crippen LogP contribution >= 0.6 is 0 Å². The minimum atomic E-state index is -3.99. The lowest BCUT2D eigenvalue weighted by Crippen LogP contribution is -2.39. The van der Waals surface area contributed by atoms with Gasteiger partial charge in [-0.25, -0.2) is 22.6 Å². The van der Waals surface area contributed by atoms with E-state index < -0.39 is 16.1 Å². The van der Waals surface area contributed by atoms with E-state index in [1.807, 2.05) is 65.4 Å². The molecule has 0 unspecified atom stereocenters. The predicted molar refractivity (Wildman–Crippen MR) is 130 cm³/mol. The van der Waals surface area contributed by atoms with E-state index in [1.165, 1.54) is 12.1 Å². The molecule has 0 atom stereocenters. The average molecular weight is 477 g/mol. The van der Waals surface area contributed by atoms with E-state index in [4.69, 9.17) is 9.84 Å². The van der Waals surface area contributed by atoms with Crippen LogP contribution in [0.3, 0.4) is 0 Å². The van der Waals surface area contributed by atoms with Gasteiger partial charge in [0.25, 0.3) is 10.0 Å². The number of benzene rings is 3. The maximum Gasteiger partial charge on any atom is 0.328 e. The van der Waals surface area contributed by atoms with E-state index in [-0.39, 0.29) is 4.90 Å². The Morgan fingerprint density at radius 3 is 2.24 bits per heavy atom. The number of ether oxygens (including phenoxy) is 1. The number of nitrogens with zero attached hydrogens (tertiary/aromatic N) is 2. The van der Waals surface area contributed by atoms with Gasteiger partial charge in [-0.3, -0.25) is 0 Å². The van der Waals surface area contributed by atoms with E-state index in [9.17, 15) is 13.2 Å². The molecular weight excluding hydrogens is 452 g/mol. The summed E-state index contributed by atoms with van der Waals surface area (Å²) in [5.74, 6) is 0.754. The monoisotopic (exact) mass is 476 g/mol. The Morgan fingerprint density at radius 1 is 0.941 bits per heavy atom. The molecule has 0 fully saturated rings. The Labute approximate surface area is 198 Å². The number of rotatable bonds is 7. The maximum absolute atomic E-state index is 12.5. The van der Waals surface area contributed by atoms with Crippen molar-refractivity contribution >= 4 is 16.1 Å². The first-order valence-electron chi connectivity index (χ1n) is 10.6. The molecule has 0 aliphatic heterocycles. The summed E-state index contributed by atoms with van der Waals surface area (Å²) in [5.41, 5.74) is 4.17. The lowest BCUT2D eigenvalue weighted by molar-refractivity contribution is 0.246. The van der Waals surface area contributed by atoms with Crippen molar-refractivity contribution in [2.45, 2.75) is 11.8 Å². The highest BCUT2D eigenvalue weighted by atomic mass is 32.2. The second-order valence-electron chi connectivity index (χ2n) is 7.38. The van der Waals surface area contributed by atoms with E-state index in [2.05, 4.69) is 5.32 Å². The Hall–Kier alpha value is -4.11. The van der Waals surface area contributed by atoms with Gasteiger partial charge in [0.15, 0.2) is 0 Å². The normalized spacial score (nSPS) is 11.1. The summed E-state index contributed by atoms with van der Waals surface area (Å²) in [6.07, 6.45) is 0. The van der Waals surface area contributed by atoms with Gasteiger partial charge in [-0.2, -0.15) is 5.10 Å². The molecular formula is C25H24N4O4S. The molecule has 1 heterocycles. The van der Waals surface area contributed by atoms with Crippen LogP contribution in [0, 0.1) is 0 Å². The Kier molecular flexibility index (Phi) is 6.65. The number of urea groups is 1. The van der Waals surface area contributed by atoms with Crippen molar-refractivity contribution in [1.82, 2.24) is 19.8 Å². The fourth-order valence-electron chi connectivity index (χ4n) is 3.44. The number of methoxy groups -OCH3 is 1. The van der Waals surface area contributed by atoms with Crippen LogP contribution in [-0.2, 0) is 10.0 Å². The molecule has 2 N–H and O–H groups in total. The van der Waals surface area contributed by atoms with E-state index in [0.717, 1.165) is 28.3 Å². The number of hydrogen-bond acceptors (Lipinski definition) is 5. The summed E-state index contributed by atoms with van der Waals surface area (Å²) in [6.45, 7) is 2.02. The van der Waals surface area contributed by atoms with Crippen LogP contribution in [0.25, 0.3) is 28.2 Å². The third-order valence-electron chi connectivity index (χ3n) is 5.12. The number of carbonyl (C=O) groups excluding carboxylic acids is 1. The number of hydrogen-bond donors (Lipinski definition) is 2. The minimum Gasteiger partial charge on any atom is -0.497 e. The molecule has 0 spiro atoms. The summed E-state index contributed by atoms with van der Waals surface area (Å²) in [5, 5.41) is 7.20. The van der Waals surface area contributed by atoms with Gasteiger partial charge in [0.1, 0.15) is 5.75 Å². The molecule has 0 radical (unpaired) electrons. The molecule has 0 saturated carbocycles. The Bertz CT molecular complexity index is 1380. The molecule has 4 aromatic rings. The van der Waals surface area contributed by atoms with E-state index in [1.54, 1.807) is 30.8 Å². The van der Waals surface area contributed by atoms with Crippen LogP contribution < -0.4 is 14.8 Å². The lowest BCUT2D eigenvalue weighted by atomic mass is 10.1. The van der Waals surface area contributed by atoms with Crippen molar-refractivity contribution < 1.29 is 17.9 Å². The molecule has 2 amide bonds. The Balaban J connectivity index is 1.73. The van der Waals surface area contributed by atoms with Crippen molar-refractivity contribution in [3.8, 4) is 34.0 Å².